The lowest BCUT2D eigenvalue weighted by Crippen LogP contribution is -2.82. The van der Waals surface area contributed by atoms with Crippen LogP contribution < -0.4 is 5.32 Å². The molecule has 0 aliphatic carbocycles. The number of hydrogen-bond donors (Lipinski definition) is 1. The van der Waals surface area contributed by atoms with E-state index in [0.717, 1.165) is 6.42 Å². The van der Waals surface area contributed by atoms with Gasteiger partial charge in [0.25, 0.3) is 0 Å². The Morgan fingerprint density at radius 1 is 1.33 bits per heavy atom. The minimum absolute atomic E-state index is 0.630. The molecule has 0 aromatic heterocycles. The van der Waals surface area contributed by atoms with E-state index in [9.17, 15) is 0 Å². The van der Waals surface area contributed by atoms with Crippen LogP contribution in [0.3, 0.4) is 0 Å². The maximum Gasteiger partial charge on any atom is 0.0594 e. The van der Waals surface area contributed by atoms with Gasteiger partial charge in [0.1, 0.15) is 0 Å². The van der Waals surface area contributed by atoms with Crippen molar-refractivity contribution in [1.82, 2.24) is 0 Å². The van der Waals surface area contributed by atoms with Crippen LogP contribution in [0.15, 0.2) is 30.3 Å². The van der Waals surface area contributed by atoms with Crippen molar-refractivity contribution in [2.24, 2.45) is 0 Å². The summed E-state index contributed by atoms with van der Waals surface area (Å²) >= 11 is 0. The van der Waals surface area contributed by atoms with Crippen molar-refractivity contribution in [3.8, 4) is 0 Å². The fraction of sp³-hybridized carbons (Fsp3) is 0.364. The molecule has 1 unspecified atom stereocenters. The molecule has 0 radical (unpaired) electrons. The summed E-state index contributed by atoms with van der Waals surface area (Å²) in [4.78, 5) is 0. The van der Waals surface area contributed by atoms with Gasteiger partial charge in [-0.1, -0.05) is 30.3 Å². The number of quaternary nitrogens is 1. The number of rotatable bonds is 4. The van der Waals surface area contributed by atoms with Gasteiger partial charge in [-0.15, -0.1) is 0 Å². The number of aryl methyl sites for hydroxylation is 1. The minimum atomic E-state index is 0.630. The van der Waals surface area contributed by atoms with Crippen molar-refractivity contribution in [3.05, 3.63) is 42.9 Å². The van der Waals surface area contributed by atoms with Gasteiger partial charge in [0.2, 0.25) is 0 Å². The maximum absolute atomic E-state index is 3.77. The van der Waals surface area contributed by atoms with Gasteiger partial charge in [0.05, 0.1) is 6.04 Å². The summed E-state index contributed by atoms with van der Waals surface area (Å²) in [5, 5.41) is 2.02. The molecule has 12 heavy (non-hydrogen) atoms. The zero-order valence-corrected chi connectivity index (χ0v) is 7.66. The fourth-order valence-electron chi connectivity index (χ4n) is 1.16. The molecule has 1 aromatic carbocycles. The van der Waals surface area contributed by atoms with Crippen LogP contribution in [0, 0.1) is 7.05 Å². The smallest absolute Gasteiger partial charge is 0.0594 e. The standard InChI is InChI=1S/C11H17N/c1-10(12-2)8-9-11-6-4-3-5-7-11/h3-7,10H,2,8-9,12H2,1H3. The van der Waals surface area contributed by atoms with E-state index in [0.29, 0.717) is 6.04 Å². The van der Waals surface area contributed by atoms with Crippen LogP contribution in [-0.2, 0) is 6.42 Å². The molecular weight excluding hydrogens is 146 g/mol. The molecule has 1 atom stereocenters. The Hall–Kier alpha value is -0.820. The monoisotopic (exact) mass is 163 g/mol. The summed E-state index contributed by atoms with van der Waals surface area (Å²) in [5.74, 6) is 0. The van der Waals surface area contributed by atoms with Crippen LogP contribution in [0.5, 0.6) is 0 Å². The van der Waals surface area contributed by atoms with Gasteiger partial charge >= 0.3 is 0 Å². The van der Waals surface area contributed by atoms with E-state index >= 15 is 0 Å². The summed E-state index contributed by atoms with van der Waals surface area (Å²) in [6.45, 7) is 2.20. The third kappa shape index (κ3) is 3.05. The van der Waals surface area contributed by atoms with Crippen LogP contribution >= 0.6 is 0 Å². The molecule has 1 aromatic rings. The predicted molar refractivity (Wildman–Crippen MR) is 51.5 cm³/mol. The lowest BCUT2D eigenvalue weighted by atomic mass is 10.1. The molecule has 0 bridgehead atoms. The quantitative estimate of drug-likeness (QED) is 0.645. The molecule has 0 fully saturated rings. The van der Waals surface area contributed by atoms with Crippen molar-refractivity contribution in [1.29, 1.82) is 0 Å². The van der Waals surface area contributed by atoms with Gasteiger partial charge < -0.3 is 5.32 Å². The molecule has 1 nitrogen and oxygen atoms in total. The lowest BCUT2D eigenvalue weighted by molar-refractivity contribution is -0.630. The molecule has 66 valence electrons. The highest BCUT2D eigenvalue weighted by Gasteiger charge is 1.98. The summed E-state index contributed by atoms with van der Waals surface area (Å²) in [7, 11) is 3.77. The Morgan fingerprint density at radius 2 is 2.00 bits per heavy atom. The molecule has 0 heterocycles. The van der Waals surface area contributed by atoms with E-state index < -0.39 is 0 Å². The van der Waals surface area contributed by atoms with Gasteiger partial charge in [-0.3, -0.25) is 0 Å². The molecule has 0 amide bonds. The first-order chi connectivity index (χ1) is 5.83. The summed E-state index contributed by atoms with van der Waals surface area (Å²) in [5.41, 5.74) is 1.42. The Labute approximate surface area is 74.8 Å². The molecule has 0 aliphatic heterocycles. The Balaban J connectivity index is 2.33. The predicted octanol–water partition coefficient (Wildman–Crippen LogP) is 1.36. The zero-order valence-electron chi connectivity index (χ0n) is 7.66. The average molecular weight is 163 g/mol. The summed E-state index contributed by atoms with van der Waals surface area (Å²) in [6.07, 6.45) is 2.36. The van der Waals surface area contributed by atoms with Crippen molar-refractivity contribution in [3.63, 3.8) is 0 Å². The highest BCUT2D eigenvalue weighted by atomic mass is 14.8. The number of nitrogens with two attached hydrogens (primary N) is 1. The van der Waals surface area contributed by atoms with Crippen molar-refractivity contribution >= 4 is 0 Å². The van der Waals surface area contributed by atoms with Gasteiger partial charge in [-0.25, -0.2) is 0 Å². The second kappa shape index (κ2) is 4.94. The molecule has 0 spiro atoms. The second-order valence-electron chi connectivity index (χ2n) is 3.24. The Kier molecular flexibility index (Phi) is 3.81. The first-order valence-electron chi connectivity index (χ1n) is 4.49. The van der Waals surface area contributed by atoms with Crippen LogP contribution in [0.25, 0.3) is 0 Å². The molecule has 1 rings (SSSR count). The first-order valence-corrected chi connectivity index (χ1v) is 4.49. The summed E-state index contributed by atoms with van der Waals surface area (Å²) in [6, 6.07) is 11.2. The minimum Gasteiger partial charge on any atom is -0.477 e. The normalized spacial score (nSPS) is 12.8. The van der Waals surface area contributed by atoms with Gasteiger partial charge in [-0.05, 0) is 18.9 Å². The SMILES string of the molecule is [CH2-][NH2+]C(C)CCc1ccccc1. The highest BCUT2D eigenvalue weighted by Crippen LogP contribution is 2.02. The Morgan fingerprint density at radius 3 is 2.58 bits per heavy atom. The molecular formula is C11H17N. The van der Waals surface area contributed by atoms with Gasteiger partial charge in [0.15, 0.2) is 0 Å². The molecule has 2 N–H and O–H groups in total. The fourth-order valence-corrected chi connectivity index (χ4v) is 1.16. The second-order valence-corrected chi connectivity index (χ2v) is 3.24. The topological polar surface area (TPSA) is 16.6 Å². The lowest BCUT2D eigenvalue weighted by Gasteiger charge is -2.10. The third-order valence-corrected chi connectivity index (χ3v) is 2.13. The van der Waals surface area contributed by atoms with Crippen LogP contribution in [-0.4, -0.2) is 6.04 Å². The van der Waals surface area contributed by atoms with Crippen LogP contribution in [0.4, 0.5) is 0 Å². The zero-order chi connectivity index (χ0) is 8.81. The van der Waals surface area contributed by atoms with E-state index in [-0.39, 0.29) is 0 Å². The van der Waals surface area contributed by atoms with Gasteiger partial charge in [0, 0.05) is 6.42 Å². The molecule has 0 saturated heterocycles. The molecule has 0 saturated carbocycles. The Bertz CT molecular complexity index is 206. The van der Waals surface area contributed by atoms with Crippen molar-refractivity contribution < 1.29 is 5.32 Å². The average Bonchev–Trinajstić information content (AvgIpc) is 2.16. The van der Waals surface area contributed by atoms with Gasteiger partial charge in [-0.2, -0.15) is 7.05 Å². The third-order valence-electron chi connectivity index (χ3n) is 2.13. The highest BCUT2D eigenvalue weighted by molar-refractivity contribution is 5.14. The number of benzene rings is 1. The molecule has 0 aliphatic rings. The van der Waals surface area contributed by atoms with Crippen LogP contribution in [0.1, 0.15) is 18.9 Å². The van der Waals surface area contributed by atoms with Crippen molar-refractivity contribution in [2.75, 3.05) is 0 Å². The van der Waals surface area contributed by atoms with E-state index in [1.165, 1.54) is 12.0 Å². The largest absolute Gasteiger partial charge is 0.477 e. The van der Waals surface area contributed by atoms with E-state index in [1.807, 2.05) is 5.32 Å². The maximum atomic E-state index is 3.77. The van der Waals surface area contributed by atoms with Crippen LogP contribution in [0.2, 0.25) is 0 Å². The first kappa shape index (κ1) is 9.27. The number of hydrogen-bond acceptors (Lipinski definition) is 0. The van der Waals surface area contributed by atoms with E-state index in [4.69, 9.17) is 0 Å². The molecule has 1 heteroatoms. The summed E-state index contributed by atoms with van der Waals surface area (Å²) < 4.78 is 0. The van der Waals surface area contributed by atoms with E-state index in [2.05, 4.69) is 44.3 Å². The van der Waals surface area contributed by atoms with E-state index in [1.54, 1.807) is 0 Å². The van der Waals surface area contributed by atoms with Crippen molar-refractivity contribution in [2.45, 2.75) is 25.8 Å².